The summed E-state index contributed by atoms with van der Waals surface area (Å²) in [5.74, 6) is -0.310. The molecule has 0 spiro atoms. The van der Waals surface area contributed by atoms with E-state index < -0.39 is 12.1 Å². The lowest BCUT2D eigenvalue weighted by Gasteiger charge is -2.15. The van der Waals surface area contributed by atoms with Crippen LogP contribution in [0.3, 0.4) is 0 Å². The van der Waals surface area contributed by atoms with Gasteiger partial charge >= 0.3 is 5.97 Å². The van der Waals surface area contributed by atoms with Crippen LogP contribution in [0.15, 0.2) is 18.2 Å². The van der Waals surface area contributed by atoms with Crippen molar-refractivity contribution in [1.29, 1.82) is 0 Å². The summed E-state index contributed by atoms with van der Waals surface area (Å²) >= 11 is 0. The summed E-state index contributed by atoms with van der Waals surface area (Å²) < 4.78 is 5.17. The maximum atomic E-state index is 10.5. The molecule has 94 valence electrons. The Hall–Kier alpha value is -1.55. The van der Waals surface area contributed by atoms with Crippen molar-refractivity contribution in [2.75, 3.05) is 7.11 Å². The number of carbonyl (C=O) groups is 1. The number of rotatable bonds is 6. The third kappa shape index (κ3) is 3.75. The Bertz CT molecular complexity index is 387. The third-order valence-electron chi connectivity index (χ3n) is 2.69. The number of ether oxygens (including phenoxy) is 1. The highest BCUT2D eigenvalue weighted by atomic mass is 16.5. The molecule has 0 fully saturated rings. The van der Waals surface area contributed by atoms with Crippen molar-refractivity contribution in [3.05, 3.63) is 29.3 Å². The van der Waals surface area contributed by atoms with Crippen molar-refractivity contribution in [3.8, 4) is 5.75 Å². The molecule has 0 saturated carbocycles. The third-order valence-corrected chi connectivity index (χ3v) is 2.69. The van der Waals surface area contributed by atoms with Crippen LogP contribution in [0.5, 0.6) is 5.75 Å². The van der Waals surface area contributed by atoms with E-state index >= 15 is 0 Å². The zero-order chi connectivity index (χ0) is 12.8. The van der Waals surface area contributed by atoms with Gasteiger partial charge in [0.25, 0.3) is 0 Å². The van der Waals surface area contributed by atoms with Gasteiger partial charge in [-0.25, -0.2) is 0 Å². The Balaban J connectivity index is 2.88. The molecule has 0 aliphatic rings. The topological polar surface area (TPSA) is 66.8 Å². The van der Waals surface area contributed by atoms with Crippen molar-refractivity contribution in [2.45, 2.75) is 32.3 Å². The van der Waals surface area contributed by atoms with Gasteiger partial charge in [0.1, 0.15) is 5.75 Å². The highest BCUT2D eigenvalue weighted by molar-refractivity contribution is 5.66. The lowest BCUT2D eigenvalue weighted by molar-refractivity contribution is -0.137. The van der Waals surface area contributed by atoms with Gasteiger partial charge < -0.3 is 14.9 Å². The van der Waals surface area contributed by atoms with Crippen molar-refractivity contribution in [3.63, 3.8) is 0 Å². The van der Waals surface area contributed by atoms with Gasteiger partial charge in [-0.1, -0.05) is 13.0 Å². The second-order valence-corrected chi connectivity index (χ2v) is 3.88. The van der Waals surface area contributed by atoms with Crippen LogP contribution >= 0.6 is 0 Å². The van der Waals surface area contributed by atoms with Gasteiger partial charge in [-0.3, -0.25) is 4.79 Å². The maximum Gasteiger partial charge on any atom is 0.303 e. The fraction of sp³-hybridized carbons (Fsp3) is 0.462. The van der Waals surface area contributed by atoms with Crippen LogP contribution in [0, 0.1) is 0 Å². The number of carboxylic acid groups (broad SMARTS) is 1. The van der Waals surface area contributed by atoms with E-state index in [1.54, 1.807) is 6.07 Å². The lowest BCUT2D eigenvalue weighted by Crippen LogP contribution is -2.05. The first-order valence-electron chi connectivity index (χ1n) is 5.65. The van der Waals surface area contributed by atoms with E-state index in [2.05, 4.69) is 0 Å². The normalized spacial score (nSPS) is 12.2. The smallest absolute Gasteiger partial charge is 0.303 e. The summed E-state index contributed by atoms with van der Waals surface area (Å²) in [6, 6.07) is 5.61. The number of hydrogen-bond donors (Lipinski definition) is 2. The van der Waals surface area contributed by atoms with E-state index in [0.29, 0.717) is 11.3 Å². The Morgan fingerprint density at radius 1 is 1.47 bits per heavy atom. The van der Waals surface area contributed by atoms with Gasteiger partial charge in [-0.15, -0.1) is 0 Å². The first-order valence-corrected chi connectivity index (χ1v) is 5.65. The molecule has 4 heteroatoms. The molecule has 17 heavy (non-hydrogen) atoms. The fourth-order valence-corrected chi connectivity index (χ4v) is 1.68. The molecule has 0 radical (unpaired) electrons. The number of aliphatic hydroxyl groups is 1. The van der Waals surface area contributed by atoms with Crippen LogP contribution in [-0.4, -0.2) is 23.3 Å². The van der Waals surface area contributed by atoms with Crippen molar-refractivity contribution >= 4 is 5.97 Å². The molecule has 0 amide bonds. The molecular formula is C13H18O4. The highest BCUT2D eigenvalue weighted by Crippen LogP contribution is 2.29. The molecule has 0 aromatic heterocycles. The van der Waals surface area contributed by atoms with Crippen LogP contribution in [0.2, 0.25) is 0 Å². The zero-order valence-electron chi connectivity index (χ0n) is 10.1. The van der Waals surface area contributed by atoms with E-state index in [4.69, 9.17) is 9.84 Å². The number of aliphatic hydroxyl groups excluding tert-OH is 1. The van der Waals surface area contributed by atoms with E-state index in [1.165, 1.54) is 7.11 Å². The molecule has 0 saturated heterocycles. The number of benzene rings is 1. The molecule has 1 atom stereocenters. The fourth-order valence-electron chi connectivity index (χ4n) is 1.68. The van der Waals surface area contributed by atoms with Crippen molar-refractivity contribution in [2.24, 2.45) is 0 Å². The molecule has 0 aliphatic heterocycles. The molecule has 4 nitrogen and oxygen atoms in total. The Kier molecular flexibility index (Phi) is 4.97. The SMILES string of the molecule is CCc1ccc(OC)c([C@@H](O)CCC(=O)O)c1. The molecule has 0 heterocycles. The highest BCUT2D eigenvalue weighted by Gasteiger charge is 2.15. The largest absolute Gasteiger partial charge is 0.496 e. The van der Waals surface area contributed by atoms with Gasteiger partial charge in [-0.2, -0.15) is 0 Å². The van der Waals surface area contributed by atoms with E-state index in [9.17, 15) is 9.90 Å². The monoisotopic (exact) mass is 238 g/mol. The number of aliphatic carboxylic acids is 1. The van der Waals surface area contributed by atoms with Crippen molar-refractivity contribution < 1.29 is 19.7 Å². The van der Waals surface area contributed by atoms with Gasteiger partial charge in [0.05, 0.1) is 13.2 Å². The van der Waals surface area contributed by atoms with E-state index in [1.807, 2.05) is 19.1 Å². The van der Waals surface area contributed by atoms with Gasteiger partial charge in [0, 0.05) is 12.0 Å². The number of methoxy groups -OCH3 is 1. The molecule has 2 N–H and O–H groups in total. The molecular weight excluding hydrogens is 220 g/mol. The quantitative estimate of drug-likeness (QED) is 0.797. The molecule has 1 aromatic rings. The standard InChI is InChI=1S/C13H18O4/c1-3-9-4-6-12(17-2)10(8-9)11(14)5-7-13(15)16/h4,6,8,11,14H,3,5,7H2,1-2H3,(H,15,16)/t11-/m0/s1. The Morgan fingerprint density at radius 2 is 2.18 bits per heavy atom. The lowest BCUT2D eigenvalue weighted by atomic mass is 10.0. The van der Waals surface area contributed by atoms with Crippen molar-refractivity contribution in [1.82, 2.24) is 0 Å². The summed E-state index contributed by atoms with van der Waals surface area (Å²) in [6.45, 7) is 2.02. The molecule has 1 aromatic carbocycles. The molecule has 0 unspecified atom stereocenters. The van der Waals surface area contributed by atoms with Crippen LogP contribution in [0.1, 0.15) is 37.0 Å². The molecule has 0 bridgehead atoms. The van der Waals surface area contributed by atoms with Crippen LogP contribution in [0.25, 0.3) is 0 Å². The predicted molar refractivity (Wildman–Crippen MR) is 64.2 cm³/mol. The van der Waals surface area contributed by atoms with Gasteiger partial charge in [0.2, 0.25) is 0 Å². The summed E-state index contributed by atoms with van der Waals surface area (Å²) in [6.07, 6.45) is 0.204. The minimum absolute atomic E-state index is 0.0549. The second-order valence-electron chi connectivity index (χ2n) is 3.88. The average Bonchev–Trinajstić information content (AvgIpc) is 2.34. The predicted octanol–water partition coefficient (Wildman–Crippen LogP) is 2.16. The Morgan fingerprint density at radius 3 is 2.71 bits per heavy atom. The van der Waals surface area contributed by atoms with Crippen LogP contribution in [-0.2, 0) is 11.2 Å². The van der Waals surface area contributed by atoms with Gasteiger partial charge in [-0.05, 0) is 30.5 Å². The van der Waals surface area contributed by atoms with E-state index in [-0.39, 0.29) is 12.8 Å². The minimum Gasteiger partial charge on any atom is -0.496 e. The summed E-state index contributed by atoms with van der Waals surface area (Å²) in [5, 5.41) is 18.6. The van der Waals surface area contributed by atoms with Crippen LogP contribution < -0.4 is 4.74 Å². The van der Waals surface area contributed by atoms with Crippen LogP contribution in [0.4, 0.5) is 0 Å². The maximum absolute atomic E-state index is 10.5. The molecule has 0 aliphatic carbocycles. The number of aryl methyl sites for hydroxylation is 1. The average molecular weight is 238 g/mol. The number of carboxylic acids is 1. The summed E-state index contributed by atoms with van der Waals surface area (Å²) in [7, 11) is 1.54. The second kappa shape index (κ2) is 6.25. The van der Waals surface area contributed by atoms with Gasteiger partial charge in [0.15, 0.2) is 0 Å². The van der Waals surface area contributed by atoms with E-state index in [0.717, 1.165) is 12.0 Å². The Labute approximate surface area is 101 Å². The first kappa shape index (κ1) is 13.5. The summed E-state index contributed by atoms with van der Waals surface area (Å²) in [5.41, 5.74) is 1.75. The zero-order valence-corrected chi connectivity index (χ0v) is 10.1. The first-order chi connectivity index (χ1) is 8.08. The summed E-state index contributed by atoms with van der Waals surface area (Å²) in [4.78, 5) is 10.5. The minimum atomic E-state index is -0.908. The number of hydrogen-bond acceptors (Lipinski definition) is 3. The molecule has 1 rings (SSSR count).